The summed E-state index contributed by atoms with van der Waals surface area (Å²) >= 11 is 0. The molecule has 0 fully saturated rings. The lowest BCUT2D eigenvalue weighted by Crippen LogP contribution is -1.96. The Kier molecular flexibility index (Phi) is 3.14. The van der Waals surface area contributed by atoms with E-state index in [0.717, 1.165) is 17.5 Å². The number of aldehydes is 1. The van der Waals surface area contributed by atoms with E-state index >= 15 is 0 Å². The Bertz CT molecular complexity index is 553. The van der Waals surface area contributed by atoms with Crippen molar-refractivity contribution in [3.63, 3.8) is 0 Å². The van der Waals surface area contributed by atoms with Crippen LogP contribution in [0.3, 0.4) is 0 Å². The molecule has 0 saturated heterocycles. The second kappa shape index (κ2) is 4.74. The summed E-state index contributed by atoms with van der Waals surface area (Å²) in [5, 5.41) is 0. The van der Waals surface area contributed by atoms with Crippen molar-refractivity contribution in [2.24, 2.45) is 0 Å². The predicted molar refractivity (Wildman–Crippen MR) is 64.1 cm³/mol. The molecule has 2 rings (SSSR count). The summed E-state index contributed by atoms with van der Waals surface area (Å²) in [4.78, 5) is 19.4. The summed E-state index contributed by atoms with van der Waals surface area (Å²) in [6.07, 6.45) is 3.99. The summed E-state index contributed by atoms with van der Waals surface area (Å²) in [5.74, 6) is 0.640. The highest BCUT2D eigenvalue weighted by atomic mass is 16.5. The topological polar surface area (TPSA) is 52.1 Å². The van der Waals surface area contributed by atoms with Crippen LogP contribution in [0.1, 0.15) is 16.1 Å². The number of ether oxygens (including phenoxy) is 1. The lowest BCUT2D eigenvalue weighted by atomic mass is 10.1. The average Bonchev–Trinajstić information content (AvgIpc) is 2.38. The zero-order valence-corrected chi connectivity index (χ0v) is 9.68. The Labute approximate surface area is 99.3 Å². The molecule has 86 valence electrons. The van der Waals surface area contributed by atoms with Crippen molar-refractivity contribution < 1.29 is 9.53 Å². The van der Waals surface area contributed by atoms with Gasteiger partial charge in [0.05, 0.1) is 7.11 Å². The van der Waals surface area contributed by atoms with Crippen LogP contribution < -0.4 is 4.74 Å². The van der Waals surface area contributed by atoms with E-state index in [2.05, 4.69) is 9.97 Å². The van der Waals surface area contributed by atoms with Gasteiger partial charge in [-0.3, -0.25) is 14.8 Å². The van der Waals surface area contributed by atoms with Crippen LogP contribution in [0.15, 0.2) is 30.6 Å². The Morgan fingerprint density at radius 1 is 1.35 bits per heavy atom. The predicted octanol–water partition coefficient (Wildman–Crippen LogP) is 2.27. The van der Waals surface area contributed by atoms with Crippen molar-refractivity contribution in [1.29, 1.82) is 0 Å². The van der Waals surface area contributed by atoms with Crippen molar-refractivity contribution in [2.45, 2.75) is 6.92 Å². The lowest BCUT2D eigenvalue weighted by Gasteiger charge is -2.09. The number of hydrogen-bond acceptors (Lipinski definition) is 4. The third-order valence-corrected chi connectivity index (χ3v) is 2.44. The monoisotopic (exact) mass is 228 g/mol. The third kappa shape index (κ3) is 2.15. The highest BCUT2D eigenvalue weighted by molar-refractivity contribution is 5.87. The van der Waals surface area contributed by atoms with E-state index in [4.69, 9.17) is 4.74 Å². The molecule has 4 nitrogen and oxygen atoms in total. The van der Waals surface area contributed by atoms with Crippen LogP contribution in [0.2, 0.25) is 0 Å². The first-order valence-electron chi connectivity index (χ1n) is 5.17. The molecule has 0 aromatic carbocycles. The number of methoxy groups -OCH3 is 1. The number of pyridine rings is 2. The van der Waals surface area contributed by atoms with Crippen LogP contribution in [-0.2, 0) is 0 Å². The van der Waals surface area contributed by atoms with Gasteiger partial charge in [-0.1, -0.05) is 0 Å². The molecule has 0 bridgehead atoms. The highest BCUT2D eigenvalue weighted by Crippen LogP contribution is 2.29. The summed E-state index contributed by atoms with van der Waals surface area (Å²) in [6, 6.07) is 5.43. The van der Waals surface area contributed by atoms with Crippen LogP contribution in [0, 0.1) is 6.92 Å². The van der Waals surface area contributed by atoms with Gasteiger partial charge < -0.3 is 4.74 Å². The maximum Gasteiger partial charge on any atom is 0.152 e. The summed E-state index contributed by atoms with van der Waals surface area (Å²) in [6.45, 7) is 1.87. The zero-order chi connectivity index (χ0) is 12.3. The fraction of sp³-hybridized carbons (Fsp3) is 0.154. The minimum Gasteiger partial charge on any atom is -0.494 e. The molecule has 0 aliphatic carbocycles. The fourth-order valence-electron chi connectivity index (χ4n) is 1.63. The second-order valence-electron chi connectivity index (χ2n) is 3.59. The molecule has 0 atom stereocenters. The van der Waals surface area contributed by atoms with Crippen LogP contribution in [0.5, 0.6) is 5.75 Å². The van der Waals surface area contributed by atoms with E-state index in [1.807, 2.05) is 19.1 Å². The molecule has 2 aromatic heterocycles. The number of carbonyl (C=O) groups excluding carboxylic acids is 1. The largest absolute Gasteiger partial charge is 0.494 e. The van der Waals surface area contributed by atoms with Gasteiger partial charge in [0.25, 0.3) is 0 Å². The summed E-state index contributed by atoms with van der Waals surface area (Å²) in [5.41, 5.74) is 2.73. The maximum absolute atomic E-state index is 11.0. The Morgan fingerprint density at radius 3 is 2.88 bits per heavy atom. The van der Waals surface area contributed by atoms with E-state index < -0.39 is 0 Å². The summed E-state index contributed by atoms with van der Waals surface area (Å²) in [7, 11) is 1.58. The van der Waals surface area contributed by atoms with Gasteiger partial charge >= 0.3 is 0 Å². The molecule has 0 aliphatic heterocycles. The molecular formula is C13H12N2O2. The molecule has 2 heterocycles. The third-order valence-electron chi connectivity index (χ3n) is 2.44. The van der Waals surface area contributed by atoms with Gasteiger partial charge in [0, 0.05) is 29.2 Å². The molecule has 0 unspecified atom stereocenters. The van der Waals surface area contributed by atoms with E-state index in [-0.39, 0.29) is 0 Å². The maximum atomic E-state index is 11.0. The summed E-state index contributed by atoms with van der Waals surface area (Å²) < 4.78 is 5.24. The van der Waals surface area contributed by atoms with Crippen LogP contribution in [0.4, 0.5) is 0 Å². The first-order valence-corrected chi connectivity index (χ1v) is 5.17. The van der Waals surface area contributed by atoms with Crippen molar-refractivity contribution >= 4 is 6.29 Å². The minimum absolute atomic E-state index is 0.507. The van der Waals surface area contributed by atoms with E-state index in [9.17, 15) is 4.79 Å². The van der Waals surface area contributed by atoms with Gasteiger partial charge in [0.2, 0.25) is 0 Å². The molecule has 0 radical (unpaired) electrons. The SMILES string of the molecule is COc1cccnc1-c1cc(C)ncc1C=O. The van der Waals surface area contributed by atoms with Gasteiger partial charge in [-0.15, -0.1) is 0 Å². The van der Waals surface area contributed by atoms with Crippen LogP contribution >= 0.6 is 0 Å². The molecule has 2 aromatic rings. The van der Waals surface area contributed by atoms with Gasteiger partial charge in [0.15, 0.2) is 6.29 Å². The van der Waals surface area contributed by atoms with E-state index in [1.54, 1.807) is 25.6 Å². The van der Waals surface area contributed by atoms with Crippen LogP contribution in [0.25, 0.3) is 11.3 Å². The molecule has 4 heteroatoms. The number of rotatable bonds is 3. The Morgan fingerprint density at radius 2 is 2.18 bits per heavy atom. The molecule has 0 aliphatic rings. The van der Waals surface area contributed by atoms with E-state index in [0.29, 0.717) is 17.0 Å². The van der Waals surface area contributed by atoms with Crippen molar-refractivity contribution in [2.75, 3.05) is 7.11 Å². The molecule has 0 spiro atoms. The Hall–Kier alpha value is -2.23. The van der Waals surface area contributed by atoms with E-state index in [1.165, 1.54) is 0 Å². The van der Waals surface area contributed by atoms with Gasteiger partial charge in [0.1, 0.15) is 11.4 Å². The smallest absolute Gasteiger partial charge is 0.152 e. The number of nitrogens with zero attached hydrogens (tertiary/aromatic N) is 2. The lowest BCUT2D eigenvalue weighted by molar-refractivity contribution is 0.112. The standard InChI is InChI=1S/C13H12N2O2/c1-9-6-11(10(8-16)7-15-9)13-12(17-2)4-3-5-14-13/h3-8H,1-2H3. The van der Waals surface area contributed by atoms with Crippen LogP contribution in [-0.4, -0.2) is 23.4 Å². The Balaban J connectivity index is 2.66. The number of carbonyl (C=O) groups is 1. The fourth-order valence-corrected chi connectivity index (χ4v) is 1.63. The molecule has 17 heavy (non-hydrogen) atoms. The first-order chi connectivity index (χ1) is 8.26. The molecule has 0 saturated carbocycles. The second-order valence-corrected chi connectivity index (χ2v) is 3.59. The average molecular weight is 228 g/mol. The van der Waals surface area contributed by atoms with Crippen molar-refractivity contribution in [3.8, 4) is 17.0 Å². The zero-order valence-electron chi connectivity index (χ0n) is 9.68. The van der Waals surface area contributed by atoms with Gasteiger partial charge in [-0.2, -0.15) is 0 Å². The van der Waals surface area contributed by atoms with Crippen molar-refractivity contribution in [1.82, 2.24) is 9.97 Å². The number of aryl methyl sites for hydroxylation is 1. The number of aromatic nitrogens is 2. The highest BCUT2D eigenvalue weighted by Gasteiger charge is 2.11. The molecular weight excluding hydrogens is 216 g/mol. The number of hydrogen-bond donors (Lipinski definition) is 0. The quantitative estimate of drug-likeness (QED) is 0.756. The first kappa shape index (κ1) is 11.3. The van der Waals surface area contributed by atoms with Gasteiger partial charge in [-0.05, 0) is 25.1 Å². The van der Waals surface area contributed by atoms with Gasteiger partial charge in [-0.25, -0.2) is 0 Å². The van der Waals surface area contributed by atoms with Crippen molar-refractivity contribution in [3.05, 3.63) is 41.9 Å². The molecule has 0 N–H and O–H groups in total. The molecule has 0 amide bonds. The minimum atomic E-state index is 0.507. The normalized spacial score (nSPS) is 10.0.